The van der Waals surface area contributed by atoms with Gasteiger partial charge in [-0.25, -0.2) is 0 Å². The van der Waals surface area contributed by atoms with Gasteiger partial charge in [-0.3, -0.25) is 0 Å². The molecule has 5 heteroatoms. The molecule has 5 nitrogen and oxygen atoms in total. The molecule has 0 aliphatic heterocycles. The summed E-state index contributed by atoms with van der Waals surface area (Å²) in [5.41, 5.74) is 2.28. The molecule has 0 amide bonds. The lowest BCUT2D eigenvalue weighted by Crippen LogP contribution is -2.35. The van der Waals surface area contributed by atoms with Crippen LogP contribution >= 0.6 is 0 Å². The van der Waals surface area contributed by atoms with E-state index in [4.69, 9.17) is 9.26 Å². The number of nitrogens with zero attached hydrogens (tertiary/aromatic N) is 2. The quantitative estimate of drug-likeness (QED) is 0.916. The molecule has 0 radical (unpaired) electrons. The molecule has 114 valence electrons. The molecule has 0 bridgehead atoms. The summed E-state index contributed by atoms with van der Waals surface area (Å²) < 4.78 is 11.0. The van der Waals surface area contributed by atoms with Gasteiger partial charge in [-0.15, -0.1) is 0 Å². The summed E-state index contributed by atoms with van der Waals surface area (Å²) in [5, 5.41) is 7.24. The number of nitrogens with one attached hydrogen (secondary N) is 1. The van der Waals surface area contributed by atoms with Gasteiger partial charge in [0.05, 0.1) is 0 Å². The Hall–Kier alpha value is -1.88. The highest BCUT2D eigenvalue weighted by Crippen LogP contribution is 2.24. The number of hydrogen-bond donors (Lipinski definition) is 1. The first kappa shape index (κ1) is 15.5. The maximum Gasteiger partial charge on any atom is 0.264 e. The van der Waals surface area contributed by atoms with Gasteiger partial charge in [0.25, 0.3) is 5.89 Å². The topological polar surface area (TPSA) is 60.2 Å². The minimum atomic E-state index is 0.0601. The lowest BCUT2D eigenvalue weighted by Gasteiger charge is -2.22. The van der Waals surface area contributed by atoms with Gasteiger partial charge in [-0.1, -0.05) is 23.4 Å². The monoisotopic (exact) mass is 289 g/mol. The van der Waals surface area contributed by atoms with Crippen LogP contribution in [0, 0.1) is 13.8 Å². The van der Waals surface area contributed by atoms with Crippen LogP contribution in [0.4, 0.5) is 0 Å². The molecule has 1 aromatic carbocycles. The van der Waals surface area contributed by atoms with Crippen LogP contribution in [-0.2, 0) is 13.2 Å². The number of ether oxygens (including phenoxy) is 1. The zero-order valence-electron chi connectivity index (χ0n) is 13.4. The van der Waals surface area contributed by atoms with Crippen molar-refractivity contribution in [3.05, 3.63) is 41.0 Å². The van der Waals surface area contributed by atoms with Crippen molar-refractivity contribution in [2.75, 3.05) is 0 Å². The highest BCUT2D eigenvalue weighted by Gasteiger charge is 2.13. The first-order chi connectivity index (χ1) is 9.85. The zero-order chi connectivity index (χ0) is 15.5. The van der Waals surface area contributed by atoms with Gasteiger partial charge in [0.15, 0.2) is 12.4 Å². The molecule has 0 unspecified atom stereocenters. The third-order valence-corrected chi connectivity index (χ3v) is 3.01. The van der Waals surface area contributed by atoms with Crippen molar-refractivity contribution in [1.82, 2.24) is 15.5 Å². The Balaban J connectivity index is 2.10. The standard InChI is InChI=1S/C16H23N3O2/c1-11-7-6-8-13(9-17-16(3,4)5)15(11)20-10-14-18-12(2)19-21-14/h6-8,17H,9-10H2,1-5H3. The van der Waals surface area contributed by atoms with Crippen LogP contribution in [0.15, 0.2) is 22.7 Å². The molecule has 0 saturated heterocycles. The summed E-state index contributed by atoms with van der Waals surface area (Å²) in [4.78, 5) is 4.15. The number of benzene rings is 1. The van der Waals surface area contributed by atoms with E-state index >= 15 is 0 Å². The highest BCUT2D eigenvalue weighted by molar-refractivity contribution is 5.40. The summed E-state index contributed by atoms with van der Waals surface area (Å²) >= 11 is 0. The third kappa shape index (κ3) is 4.56. The van der Waals surface area contributed by atoms with Crippen LogP contribution in [0.3, 0.4) is 0 Å². The molecule has 2 aromatic rings. The Morgan fingerprint density at radius 3 is 2.62 bits per heavy atom. The van der Waals surface area contributed by atoms with E-state index in [0.29, 0.717) is 11.7 Å². The van der Waals surface area contributed by atoms with E-state index in [1.54, 1.807) is 6.92 Å². The van der Waals surface area contributed by atoms with Crippen molar-refractivity contribution in [3.8, 4) is 5.75 Å². The molecule has 1 N–H and O–H groups in total. The lowest BCUT2D eigenvalue weighted by molar-refractivity contribution is 0.238. The summed E-state index contributed by atoms with van der Waals surface area (Å²) in [6, 6.07) is 6.15. The normalized spacial score (nSPS) is 11.7. The van der Waals surface area contributed by atoms with Crippen LogP contribution in [0.2, 0.25) is 0 Å². The van der Waals surface area contributed by atoms with E-state index in [9.17, 15) is 0 Å². The molecule has 0 fully saturated rings. The molecule has 0 spiro atoms. The largest absolute Gasteiger partial charge is 0.483 e. The molecule has 0 aliphatic rings. The molecule has 2 rings (SSSR count). The van der Waals surface area contributed by atoms with E-state index in [0.717, 1.165) is 23.4 Å². The van der Waals surface area contributed by atoms with Crippen molar-refractivity contribution in [1.29, 1.82) is 0 Å². The molecule has 1 aromatic heterocycles. The Morgan fingerprint density at radius 2 is 2.00 bits per heavy atom. The SMILES string of the molecule is Cc1noc(COc2c(C)cccc2CNC(C)(C)C)n1. The fraction of sp³-hybridized carbons (Fsp3) is 0.500. The summed E-state index contributed by atoms with van der Waals surface area (Å²) in [5.74, 6) is 1.99. The fourth-order valence-electron chi connectivity index (χ4n) is 1.95. The van der Waals surface area contributed by atoms with Crippen LogP contribution in [0.25, 0.3) is 0 Å². The van der Waals surface area contributed by atoms with Gasteiger partial charge < -0.3 is 14.6 Å². The van der Waals surface area contributed by atoms with Gasteiger partial charge in [0.2, 0.25) is 0 Å². The van der Waals surface area contributed by atoms with Crippen LogP contribution in [0.1, 0.15) is 43.6 Å². The van der Waals surface area contributed by atoms with Crippen molar-refractivity contribution < 1.29 is 9.26 Å². The Kier molecular flexibility index (Phi) is 4.63. The van der Waals surface area contributed by atoms with Crippen LogP contribution in [0.5, 0.6) is 5.75 Å². The summed E-state index contributed by atoms with van der Waals surface area (Å²) in [6.07, 6.45) is 0. The van der Waals surface area contributed by atoms with Crippen LogP contribution < -0.4 is 10.1 Å². The van der Waals surface area contributed by atoms with Gasteiger partial charge in [0.1, 0.15) is 5.75 Å². The molecular formula is C16H23N3O2. The number of rotatable bonds is 5. The van der Waals surface area contributed by atoms with Crippen LogP contribution in [-0.4, -0.2) is 15.7 Å². The highest BCUT2D eigenvalue weighted by atomic mass is 16.5. The molecule has 0 saturated carbocycles. The van der Waals surface area contributed by atoms with E-state index < -0.39 is 0 Å². The van der Waals surface area contributed by atoms with Crippen molar-refractivity contribution >= 4 is 0 Å². The van der Waals surface area contributed by atoms with E-state index in [1.807, 2.05) is 19.1 Å². The number of aryl methyl sites for hydroxylation is 2. The lowest BCUT2D eigenvalue weighted by atomic mass is 10.1. The second-order valence-corrected chi connectivity index (χ2v) is 6.19. The van der Waals surface area contributed by atoms with E-state index in [-0.39, 0.29) is 12.1 Å². The molecule has 0 aliphatic carbocycles. The molecule has 21 heavy (non-hydrogen) atoms. The van der Waals surface area contributed by atoms with Crippen molar-refractivity contribution in [2.45, 2.75) is 53.3 Å². The summed E-state index contributed by atoms with van der Waals surface area (Å²) in [6.45, 7) is 11.3. The van der Waals surface area contributed by atoms with Gasteiger partial charge in [-0.05, 0) is 40.2 Å². The van der Waals surface area contributed by atoms with E-state index in [1.165, 1.54) is 0 Å². The minimum Gasteiger partial charge on any atom is -0.483 e. The fourth-order valence-corrected chi connectivity index (χ4v) is 1.95. The first-order valence-corrected chi connectivity index (χ1v) is 7.10. The minimum absolute atomic E-state index is 0.0601. The van der Waals surface area contributed by atoms with E-state index in [2.05, 4.69) is 42.3 Å². The molecular weight excluding hydrogens is 266 g/mol. The Labute approximate surface area is 125 Å². The average Bonchev–Trinajstić information content (AvgIpc) is 2.80. The Morgan fingerprint density at radius 1 is 1.24 bits per heavy atom. The average molecular weight is 289 g/mol. The van der Waals surface area contributed by atoms with Crippen molar-refractivity contribution in [2.24, 2.45) is 0 Å². The van der Waals surface area contributed by atoms with Crippen molar-refractivity contribution in [3.63, 3.8) is 0 Å². The van der Waals surface area contributed by atoms with Gasteiger partial charge in [-0.2, -0.15) is 4.98 Å². The molecule has 1 heterocycles. The smallest absolute Gasteiger partial charge is 0.264 e. The first-order valence-electron chi connectivity index (χ1n) is 7.10. The number of hydrogen-bond acceptors (Lipinski definition) is 5. The zero-order valence-corrected chi connectivity index (χ0v) is 13.4. The van der Waals surface area contributed by atoms with Gasteiger partial charge in [0, 0.05) is 17.6 Å². The number of para-hydroxylation sites is 1. The Bertz CT molecular complexity index is 600. The summed E-state index contributed by atoms with van der Waals surface area (Å²) in [7, 11) is 0. The second-order valence-electron chi connectivity index (χ2n) is 6.19. The predicted molar refractivity (Wildman–Crippen MR) is 81.1 cm³/mol. The van der Waals surface area contributed by atoms with Gasteiger partial charge >= 0.3 is 0 Å². The second kappa shape index (κ2) is 6.26. The third-order valence-electron chi connectivity index (χ3n) is 3.01. The predicted octanol–water partition coefficient (Wildman–Crippen LogP) is 3.15. The molecule has 0 atom stereocenters. The maximum absolute atomic E-state index is 5.90. The maximum atomic E-state index is 5.90. The number of aromatic nitrogens is 2.